The van der Waals surface area contributed by atoms with Crippen molar-refractivity contribution in [2.75, 3.05) is 16.6 Å². The molecule has 3 rings (SSSR count). The number of rotatable bonds is 9. The summed E-state index contributed by atoms with van der Waals surface area (Å²) in [6.07, 6.45) is 0. The molecule has 0 fully saturated rings. The highest BCUT2D eigenvalue weighted by atomic mass is 127. The molecule has 0 bridgehead atoms. The van der Waals surface area contributed by atoms with Gasteiger partial charge in [0.1, 0.15) is 22.0 Å². The Balaban J connectivity index is 2.06. The van der Waals surface area contributed by atoms with E-state index in [4.69, 9.17) is 4.74 Å². The van der Waals surface area contributed by atoms with Crippen molar-refractivity contribution in [2.24, 2.45) is 10.4 Å². The number of nitrogens with zero attached hydrogens (tertiary/aromatic N) is 2. The van der Waals surface area contributed by atoms with Crippen molar-refractivity contribution < 1.29 is 30.4 Å². The van der Waals surface area contributed by atoms with E-state index in [0.717, 1.165) is 49.6 Å². The van der Waals surface area contributed by atoms with Crippen molar-refractivity contribution in [1.82, 2.24) is 0 Å². The van der Waals surface area contributed by atoms with Gasteiger partial charge in [0.25, 0.3) is 20.0 Å². The van der Waals surface area contributed by atoms with E-state index < -0.39 is 52.8 Å². The molecule has 36 heavy (non-hydrogen) atoms. The zero-order valence-electron chi connectivity index (χ0n) is 17.6. The summed E-state index contributed by atoms with van der Waals surface area (Å²) in [7, 11) is -8.07. The molecule has 3 aromatic carbocycles. The van der Waals surface area contributed by atoms with Gasteiger partial charge in [-0.2, -0.15) is 0 Å². The molecule has 0 saturated carbocycles. The summed E-state index contributed by atoms with van der Waals surface area (Å²) >= 11 is 3.18. The monoisotopic (exact) mass is 764 g/mol. The van der Waals surface area contributed by atoms with E-state index in [2.05, 4.69) is 10.4 Å². The number of benzene rings is 3. The molecule has 0 atom stereocenters. The number of ether oxygens (including phenoxy) is 1. The van der Waals surface area contributed by atoms with E-state index in [9.17, 15) is 35.4 Å². The maximum Gasteiger partial charge on any atom is 0.265 e. The van der Waals surface area contributed by atoms with E-state index in [1.807, 2.05) is 9.44 Å². The highest BCUT2D eigenvalue weighted by Gasteiger charge is 2.27. The second-order valence-corrected chi connectivity index (χ2v) is 12.4. The Hall–Kier alpha value is -2.52. The van der Waals surface area contributed by atoms with Crippen molar-refractivity contribution in [3.8, 4) is 5.75 Å². The first-order chi connectivity index (χ1) is 16.8. The summed E-state index contributed by atoms with van der Waals surface area (Å²) in [5.74, 6) is -2.45. The molecule has 0 amide bonds. The average Bonchev–Trinajstić information content (AvgIpc) is 2.82. The van der Waals surface area contributed by atoms with Gasteiger partial charge in [-0.3, -0.25) is 9.44 Å². The summed E-state index contributed by atoms with van der Waals surface area (Å²) in [5.41, 5.74) is -1.52. The van der Waals surface area contributed by atoms with Gasteiger partial charge in [-0.15, -0.1) is 9.81 Å². The Morgan fingerprint density at radius 1 is 0.778 bits per heavy atom. The number of methoxy groups -OCH3 is 1. The van der Waals surface area contributed by atoms with Crippen LogP contribution in [0.25, 0.3) is 0 Å². The lowest BCUT2D eigenvalue weighted by atomic mass is 10.3. The molecular weight excluding hydrogens is 752 g/mol. The number of anilines is 2. The fourth-order valence-corrected chi connectivity index (χ4v) is 7.10. The Labute approximate surface area is 230 Å². The lowest BCUT2D eigenvalue weighted by Gasteiger charge is -2.16. The van der Waals surface area contributed by atoms with Crippen LogP contribution < -0.4 is 14.2 Å². The Kier molecular flexibility index (Phi) is 8.45. The maximum atomic E-state index is 14.4. The van der Waals surface area contributed by atoms with Gasteiger partial charge in [0.2, 0.25) is 0 Å². The molecule has 11 nitrogen and oxygen atoms in total. The third kappa shape index (κ3) is 5.89. The van der Waals surface area contributed by atoms with Crippen molar-refractivity contribution in [3.05, 3.63) is 71.1 Å². The second-order valence-electron chi connectivity index (χ2n) is 6.78. The van der Waals surface area contributed by atoms with Crippen LogP contribution in [0.5, 0.6) is 5.75 Å². The first kappa shape index (κ1) is 28.1. The number of nitroso groups, excluding NO2 is 2. The maximum absolute atomic E-state index is 14.4. The highest BCUT2D eigenvalue weighted by molar-refractivity contribution is 14.1. The zero-order chi connectivity index (χ0) is 26.8. The normalized spacial score (nSPS) is 11.6. The molecule has 3 aromatic rings. The summed E-state index contributed by atoms with van der Waals surface area (Å²) < 4.78 is 90.0. The fourth-order valence-electron chi connectivity index (χ4n) is 2.84. The quantitative estimate of drug-likeness (QED) is 0.213. The van der Waals surface area contributed by atoms with Gasteiger partial charge in [0.05, 0.1) is 23.4 Å². The van der Waals surface area contributed by atoms with Crippen LogP contribution >= 0.6 is 45.2 Å². The molecule has 17 heteroatoms. The zero-order valence-corrected chi connectivity index (χ0v) is 23.6. The second kappa shape index (κ2) is 10.8. The number of nitrogens with one attached hydrogen (secondary N) is 2. The van der Waals surface area contributed by atoms with Crippen LogP contribution in [0, 0.1) is 28.6 Å². The van der Waals surface area contributed by atoms with Crippen LogP contribution in [0.1, 0.15) is 0 Å². The Morgan fingerprint density at radius 2 is 1.25 bits per heavy atom. The smallest absolute Gasteiger partial charge is 0.265 e. The van der Waals surface area contributed by atoms with E-state index in [-0.39, 0.29) is 24.3 Å². The highest BCUT2D eigenvalue weighted by Crippen LogP contribution is 2.34. The van der Waals surface area contributed by atoms with Crippen molar-refractivity contribution in [3.63, 3.8) is 0 Å². The Bertz CT molecular complexity index is 1560. The molecule has 0 saturated heterocycles. The molecule has 0 heterocycles. The van der Waals surface area contributed by atoms with Gasteiger partial charge in [-0.05, 0) is 85.9 Å². The lowest BCUT2D eigenvalue weighted by molar-refractivity contribution is 0.402. The number of halogens is 4. The SMILES string of the molecule is COc1ccc(S(=O)(=O)Nc2c(F)cc(N=O)cc2I)cc1S(=O)(=O)Nc1c(F)cc(N=O)cc1I. The molecule has 0 aromatic heterocycles. The molecule has 190 valence electrons. The number of hydrogen-bond acceptors (Lipinski definition) is 9. The third-order valence-corrected chi connectivity index (χ3v) is 8.89. The summed E-state index contributed by atoms with van der Waals surface area (Å²) in [6.45, 7) is 0. The van der Waals surface area contributed by atoms with Crippen LogP contribution in [0.4, 0.5) is 31.5 Å². The van der Waals surface area contributed by atoms with Gasteiger partial charge in [0.15, 0.2) is 11.6 Å². The predicted octanol–water partition coefficient (Wildman–Crippen LogP) is 5.58. The molecule has 0 radical (unpaired) electrons. The largest absolute Gasteiger partial charge is 0.495 e. The first-order valence-electron chi connectivity index (χ1n) is 9.21. The van der Waals surface area contributed by atoms with Crippen LogP contribution in [-0.2, 0) is 20.0 Å². The average molecular weight is 764 g/mol. The van der Waals surface area contributed by atoms with E-state index >= 15 is 0 Å². The van der Waals surface area contributed by atoms with Gasteiger partial charge in [-0.1, -0.05) is 0 Å². The summed E-state index contributed by atoms with van der Waals surface area (Å²) in [6, 6.07) is 6.52. The lowest BCUT2D eigenvalue weighted by Crippen LogP contribution is -2.19. The van der Waals surface area contributed by atoms with Gasteiger partial charge in [0, 0.05) is 19.3 Å². The van der Waals surface area contributed by atoms with E-state index in [0.29, 0.717) is 0 Å². The third-order valence-electron chi connectivity index (χ3n) is 4.47. The molecule has 0 unspecified atom stereocenters. The summed E-state index contributed by atoms with van der Waals surface area (Å²) in [5, 5.41) is 5.19. The van der Waals surface area contributed by atoms with E-state index in [1.165, 1.54) is 0 Å². The topological polar surface area (TPSA) is 160 Å². The van der Waals surface area contributed by atoms with Crippen LogP contribution in [0.2, 0.25) is 0 Å². The number of sulfonamides is 2. The van der Waals surface area contributed by atoms with Crippen molar-refractivity contribution >= 4 is 88.0 Å². The van der Waals surface area contributed by atoms with Crippen molar-refractivity contribution in [1.29, 1.82) is 0 Å². The minimum atomic E-state index is -4.65. The fraction of sp³-hybridized carbons (Fsp3) is 0.0526. The van der Waals surface area contributed by atoms with Crippen LogP contribution in [0.3, 0.4) is 0 Å². The van der Waals surface area contributed by atoms with Gasteiger partial charge < -0.3 is 4.74 Å². The molecule has 0 aliphatic carbocycles. The van der Waals surface area contributed by atoms with Crippen molar-refractivity contribution in [2.45, 2.75) is 9.79 Å². The minimum Gasteiger partial charge on any atom is -0.495 e. The van der Waals surface area contributed by atoms with Gasteiger partial charge in [-0.25, -0.2) is 25.6 Å². The first-order valence-corrected chi connectivity index (χ1v) is 14.3. The standard InChI is InChI=1S/C19H12F2I2N4O7S2/c1-34-16-3-2-11(35(30,31)26-18-12(20)4-9(24-28)6-14(18)22)8-17(16)36(32,33)27-19-13(21)5-10(25-29)7-15(19)23/h2-8,26-27H,1H3. The van der Waals surface area contributed by atoms with Crippen LogP contribution in [-0.4, -0.2) is 23.9 Å². The van der Waals surface area contributed by atoms with Gasteiger partial charge >= 0.3 is 0 Å². The Morgan fingerprint density at radius 3 is 1.67 bits per heavy atom. The number of hydrogen-bond donors (Lipinski definition) is 2. The van der Waals surface area contributed by atoms with E-state index in [1.54, 1.807) is 45.2 Å². The minimum absolute atomic E-state index is 0.00787. The molecule has 0 spiro atoms. The van der Waals surface area contributed by atoms with Crippen LogP contribution in [0.15, 0.2) is 62.6 Å². The summed E-state index contributed by atoms with van der Waals surface area (Å²) in [4.78, 5) is 20.1. The molecule has 0 aliphatic rings. The molecule has 2 N–H and O–H groups in total. The molecule has 0 aliphatic heterocycles. The molecular formula is C19H12F2I2N4O7S2. The predicted molar refractivity (Wildman–Crippen MR) is 144 cm³/mol.